The molecule has 0 spiro atoms. The smallest absolute Gasteiger partial charge is 0.162 e. The summed E-state index contributed by atoms with van der Waals surface area (Å²) in [6.45, 7) is 8.01. The molecule has 0 amide bonds. The van der Waals surface area contributed by atoms with Crippen LogP contribution in [0.2, 0.25) is 0 Å². The summed E-state index contributed by atoms with van der Waals surface area (Å²) < 4.78 is 6.09. The first kappa shape index (κ1) is 14.3. The zero-order valence-corrected chi connectivity index (χ0v) is 12.3. The summed E-state index contributed by atoms with van der Waals surface area (Å²) in [6, 6.07) is 1.91. The molecule has 1 heterocycles. The molecule has 1 aromatic heterocycles. The van der Waals surface area contributed by atoms with E-state index >= 15 is 0 Å². The van der Waals surface area contributed by atoms with E-state index in [1.807, 2.05) is 19.2 Å². The highest BCUT2D eigenvalue weighted by molar-refractivity contribution is 5.33. The Hall–Kier alpha value is -1.16. The van der Waals surface area contributed by atoms with Crippen LogP contribution in [0.4, 0.5) is 5.82 Å². The van der Waals surface area contributed by atoms with Crippen LogP contribution in [-0.4, -0.2) is 23.1 Å². The molecular weight excluding hydrogens is 238 g/mol. The van der Waals surface area contributed by atoms with Gasteiger partial charge in [0.05, 0.1) is 0 Å². The van der Waals surface area contributed by atoms with Gasteiger partial charge in [0.15, 0.2) is 5.82 Å². The molecule has 2 rings (SSSR count). The zero-order valence-electron chi connectivity index (χ0n) is 12.3. The van der Waals surface area contributed by atoms with Gasteiger partial charge in [-0.15, -0.1) is 0 Å². The Morgan fingerprint density at radius 3 is 2.74 bits per heavy atom. The van der Waals surface area contributed by atoms with Gasteiger partial charge in [-0.2, -0.15) is 0 Å². The Morgan fingerprint density at radius 1 is 1.37 bits per heavy atom. The van der Waals surface area contributed by atoms with Crippen molar-refractivity contribution in [3.05, 3.63) is 18.1 Å². The largest absolute Gasteiger partial charge is 0.370 e. The second kappa shape index (κ2) is 6.33. The molecule has 106 valence electrons. The molecule has 1 saturated carbocycles. The molecular formula is C15H25N3O. The molecule has 4 nitrogen and oxygen atoms in total. The maximum absolute atomic E-state index is 6.09. The molecule has 1 aliphatic rings. The summed E-state index contributed by atoms with van der Waals surface area (Å²) in [4.78, 5) is 9.14. The molecule has 0 radical (unpaired) electrons. The van der Waals surface area contributed by atoms with E-state index in [1.54, 1.807) is 0 Å². The molecule has 19 heavy (non-hydrogen) atoms. The number of ether oxygens (including phenoxy) is 1. The van der Waals surface area contributed by atoms with E-state index in [9.17, 15) is 0 Å². The van der Waals surface area contributed by atoms with Gasteiger partial charge in [0.2, 0.25) is 0 Å². The number of rotatable bonds is 5. The standard InChI is InChI=1S/C15H25N3O/c1-4-16-13-8-11-17-14(18-13)15(19-5-2)9-6-12(3)7-10-15/h8,11-12H,4-7,9-10H2,1-3H3,(H,16,17,18). The maximum atomic E-state index is 6.09. The van der Waals surface area contributed by atoms with Crippen molar-refractivity contribution in [2.75, 3.05) is 18.5 Å². The van der Waals surface area contributed by atoms with Crippen LogP contribution in [0.5, 0.6) is 0 Å². The molecule has 4 heteroatoms. The van der Waals surface area contributed by atoms with Crippen LogP contribution >= 0.6 is 0 Å². The summed E-state index contributed by atoms with van der Waals surface area (Å²) in [7, 11) is 0. The van der Waals surface area contributed by atoms with E-state index in [2.05, 4.69) is 29.1 Å². The van der Waals surface area contributed by atoms with Crippen LogP contribution in [0, 0.1) is 5.92 Å². The van der Waals surface area contributed by atoms with E-state index in [0.29, 0.717) is 6.61 Å². The predicted molar refractivity (Wildman–Crippen MR) is 77.1 cm³/mol. The second-order valence-electron chi connectivity index (χ2n) is 5.41. The average Bonchev–Trinajstić information content (AvgIpc) is 2.43. The zero-order chi connectivity index (χ0) is 13.7. The second-order valence-corrected chi connectivity index (χ2v) is 5.41. The first-order valence-electron chi connectivity index (χ1n) is 7.41. The van der Waals surface area contributed by atoms with Crippen molar-refractivity contribution < 1.29 is 4.74 Å². The number of hydrogen-bond donors (Lipinski definition) is 1. The van der Waals surface area contributed by atoms with E-state index in [4.69, 9.17) is 4.74 Å². The minimum absolute atomic E-state index is 0.271. The van der Waals surface area contributed by atoms with Crippen molar-refractivity contribution in [1.29, 1.82) is 0 Å². The molecule has 1 fully saturated rings. The Morgan fingerprint density at radius 2 is 2.11 bits per heavy atom. The molecule has 0 bridgehead atoms. The first-order chi connectivity index (χ1) is 9.20. The SMILES string of the molecule is CCNc1ccnc(C2(OCC)CCC(C)CC2)n1. The summed E-state index contributed by atoms with van der Waals surface area (Å²) in [5.41, 5.74) is -0.271. The van der Waals surface area contributed by atoms with Gasteiger partial charge in [0.25, 0.3) is 0 Å². The fourth-order valence-electron chi connectivity index (χ4n) is 2.80. The summed E-state index contributed by atoms with van der Waals surface area (Å²) >= 11 is 0. The van der Waals surface area contributed by atoms with Crippen LogP contribution < -0.4 is 5.32 Å². The van der Waals surface area contributed by atoms with Gasteiger partial charge < -0.3 is 10.1 Å². The molecule has 0 aromatic carbocycles. The average molecular weight is 263 g/mol. The van der Waals surface area contributed by atoms with Crippen molar-refractivity contribution in [3.63, 3.8) is 0 Å². The highest BCUT2D eigenvalue weighted by Gasteiger charge is 2.39. The monoisotopic (exact) mass is 263 g/mol. The molecule has 1 N–H and O–H groups in total. The summed E-state index contributed by atoms with van der Waals surface area (Å²) in [6.07, 6.45) is 6.26. The van der Waals surface area contributed by atoms with Crippen LogP contribution in [0.3, 0.4) is 0 Å². The molecule has 0 unspecified atom stereocenters. The van der Waals surface area contributed by atoms with Gasteiger partial charge in [-0.3, -0.25) is 0 Å². The van der Waals surface area contributed by atoms with Gasteiger partial charge in [0.1, 0.15) is 11.4 Å². The third-order valence-corrected chi connectivity index (χ3v) is 3.92. The minimum atomic E-state index is -0.271. The van der Waals surface area contributed by atoms with Crippen molar-refractivity contribution in [1.82, 2.24) is 9.97 Å². The van der Waals surface area contributed by atoms with Crippen LogP contribution in [0.1, 0.15) is 52.3 Å². The molecule has 1 aromatic rings. The first-order valence-corrected chi connectivity index (χ1v) is 7.41. The normalized spacial score (nSPS) is 27.2. The van der Waals surface area contributed by atoms with E-state index in [0.717, 1.165) is 36.9 Å². The highest BCUT2D eigenvalue weighted by atomic mass is 16.5. The van der Waals surface area contributed by atoms with Gasteiger partial charge in [0, 0.05) is 19.3 Å². The fourth-order valence-corrected chi connectivity index (χ4v) is 2.80. The van der Waals surface area contributed by atoms with Crippen molar-refractivity contribution in [2.45, 2.75) is 52.1 Å². The summed E-state index contributed by atoms with van der Waals surface area (Å²) in [5, 5.41) is 3.25. The Bertz CT molecular complexity index is 400. The van der Waals surface area contributed by atoms with Crippen molar-refractivity contribution in [3.8, 4) is 0 Å². The molecule has 0 atom stereocenters. The van der Waals surface area contributed by atoms with Gasteiger partial charge in [-0.1, -0.05) is 6.92 Å². The fraction of sp³-hybridized carbons (Fsp3) is 0.733. The van der Waals surface area contributed by atoms with Gasteiger partial charge in [-0.25, -0.2) is 9.97 Å². The van der Waals surface area contributed by atoms with Crippen LogP contribution in [0.15, 0.2) is 12.3 Å². The molecule has 0 saturated heterocycles. The summed E-state index contributed by atoms with van der Waals surface area (Å²) in [5.74, 6) is 2.52. The van der Waals surface area contributed by atoms with E-state index < -0.39 is 0 Å². The molecule has 1 aliphatic carbocycles. The third kappa shape index (κ3) is 3.24. The van der Waals surface area contributed by atoms with Crippen molar-refractivity contribution >= 4 is 5.82 Å². The number of anilines is 1. The van der Waals surface area contributed by atoms with Gasteiger partial charge in [-0.05, 0) is 51.5 Å². The Kier molecular flexibility index (Phi) is 4.75. The van der Waals surface area contributed by atoms with Gasteiger partial charge >= 0.3 is 0 Å². The highest BCUT2D eigenvalue weighted by Crippen LogP contribution is 2.41. The van der Waals surface area contributed by atoms with E-state index in [-0.39, 0.29) is 5.60 Å². The maximum Gasteiger partial charge on any atom is 0.162 e. The Labute approximate surface area is 116 Å². The number of hydrogen-bond acceptors (Lipinski definition) is 4. The quantitative estimate of drug-likeness (QED) is 0.885. The number of nitrogens with zero attached hydrogens (tertiary/aromatic N) is 2. The third-order valence-electron chi connectivity index (χ3n) is 3.92. The van der Waals surface area contributed by atoms with Crippen molar-refractivity contribution in [2.24, 2.45) is 5.92 Å². The minimum Gasteiger partial charge on any atom is -0.370 e. The number of nitrogens with one attached hydrogen (secondary N) is 1. The van der Waals surface area contributed by atoms with Crippen LogP contribution in [0.25, 0.3) is 0 Å². The molecule has 0 aliphatic heterocycles. The lowest BCUT2D eigenvalue weighted by Crippen LogP contribution is -2.36. The lowest BCUT2D eigenvalue weighted by molar-refractivity contribution is -0.0836. The topological polar surface area (TPSA) is 47.0 Å². The number of aromatic nitrogens is 2. The Balaban J connectivity index is 2.25. The van der Waals surface area contributed by atoms with Crippen LogP contribution in [-0.2, 0) is 10.3 Å². The lowest BCUT2D eigenvalue weighted by Gasteiger charge is -2.37. The predicted octanol–water partition coefficient (Wildman–Crippen LogP) is 3.35. The van der Waals surface area contributed by atoms with E-state index in [1.165, 1.54) is 12.8 Å². The lowest BCUT2D eigenvalue weighted by atomic mass is 9.79.